The zero-order chi connectivity index (χ0) is 15.5. The molecule has 2 nitrogen and oxygen atoms in total. The summed E-state index contributed by atoms with van der Waals surface area (Å²) < 4.78 is 6.32. The summed E-state index contributed by atoms with van der Waals surface area (Å²) in [4.78, 5) is 0. The lowest BCUT2D eigenvalue weighted by Crippen LogP contribution is -2.55. The van der Waals surface area contributed by atoms with E-state index in [1.807, 2.05) is 6.07 Å². The Morgan fingerprint density at radius 3 is 2.82 bits per heavy atom. The monoisotopic (exact) mass is 300 g/mol. The normalized spacial score (nSPS) is 33.6. The molecule has 4 atom stereocenters. The highest BCUT2D eigenvalue weighted by Crippen LogP contribution is 2.71. The zero-order valence-electron chi connectivity index (χ0n) is 14.1. The van der Waals surface area contributed by atoms with Gasteiger partial charge in [0.1, 0.15) is 17.6 Å². The lowest BCUT2D eigenvalue weighted by molar-refractivity contribution is -0.0797. The molecule has 22 heavy (non-hydrogen) atoms. The van der Waals surface area contributed by atoms with E-state index in [-0.39, 0.29) is 0 Å². The first-order valence-corrected chi connectivity index (χ1v) is 9.06. The van der Waals surface area contributed by atoms with Crippen LogP contribution < -0.4 is 4.74 Å². The molecule has 1 aliphatic heterocycles. The van der Waals surface area contributed by atoms with E-state index in [2.05, 4.69) is 26.8 Å². The number of hydrogen-bond donors (Lipinski definition) is 1. The fourth-order valence-electron chi connectivity index (χ4n) is 5.58. The molecule has 0 radical (unpaired) electrons. The van der Waals surface area contributed by atoms with Gasteiger partial charge in [0.05, 0.1) is 0 Å². The molecular formula is C20H28O2. The van der Waals surface area contributed by atoms with Crippen molar-refractivity contribution in [2.45, 2.75) is 71.3 Å². The van der Waals surface area contributed by atoms with Crippen molar-refractivity contribution < 1.29 is 9.84 Å². The highest BCUT2D eigenvalue weighted by molar-refractivity contribution is 5.54. The maximum Gasteiger partial charge on any atom is 0.127 e. The van der Waals surface area contributed by atoms with Crippen molar-refractivity contribution in [1.29, 1.82) is 0 Å². The minimum Gasteiger partial charge on any atom is -0.508 e. The van der Waals surface area contributed by atoms with Crippen molar-refractivity contribution in [2.24, 2.45) is 17.3 Å². The molecule has 1 heterocycles. The predicted octanol–water partition coefficient (Wildman–Crippen LogP) is 5.04. The number of fused-ring (bicyclic) bond motifs is 2. The number of aromatic hydroxyl groups is 1. The van der Waals surface area contributed by atoms with Gasteiger partial charge in [0.25, 0.3) is 0 Å². The highest BCUT2D eigenvalue weighted by atomic mass is 16.5. The van der Waals surface area contributed by atoms with Crippen LogP contribution in [0, 0.1) is 17.3 Å². The smallest absolute Gasteiger partial charge is 0.127 e. The summed E-state index contributed by atoms with van der Waals surface area (Å²) in [6, 6.07) is 4.21. The van der Waals surface area contributed by atoms with E-state index in [4.69, 9.17) is 4.74 Å². The SMILES string of the molecule is CCCCCc1cc(O)c2c(c1)O[C@@H]1CC[C@@H]3C1C2C3(C)C. The van der Waals surface area contributed by atoms with Crippen molar-refractivity contribution in [3.8, 4) is 11.5 Å². The third kappa shape index (κ3) is 1.85. The van der Waals surface area contributed by atoms with E-state index in [1.165, 1.54) is 37.7 Å². The van der Waals surface area contributed by atoms with E-state index in [0.717, 1.165) is 23.7 Å². The number of benzene rings is 1. The molecule has 1 aromatic rings. The summed E-state index contributed by atoms with van der Waals surface area (Å²) in [6.07, 6.45) is 7.59. The van der Waals surface area contributed by atoms with Crippen molar-refractivity contribution in [3.05, 3.63) is 23.3 Å². The minimum absolute atomic E-state index is 0.305. The van der Waals surface area contributed by atoms with E-state index in [9.17, 15) is 5.11 Å². The molecule has 2 fully saturated rings. The van der Waals surface area contributed by atoms with Crippen molar-refractivity contribution in [2.75, 3.05) is 0 Å². The molecule has 120 valence electrons. The minimum atomic E-state index is 0.305. The Hall–Kier alpha value is -1.18. The summed E-state index contributed by atoms with van der Waals surface area (Å²) in [5.41, 5.74) is 2.64. The lowest BCUT2D eigenvalue weighted by Gasteiger charge is -2.59. The number of ether oxygens (including phenoxy) is 1. The van der Waals surface area contributed by atoms with Crippen LogP contribution in [0.25, 0.3) is 0 Å². The number of aryl methyl sites for hydroxylation is 1. The first-order chi connectivity index (χ1) is 10.5. The number of phenols is 1. The number of unbranched alkanes of at least 4 members (excludes halogenated alkanes) is 2. The summed E-state index contributed by atoms with van der Waals surface area (Å²) in [5, 5.41) is 10.7. The number of rotatable bonds is 4. The van der Waals surface area contributed by atoms with E-state index in [1.54, 1.807) is 0 Å². The molecule has 0 amide bonds. The van der Waals surface area contributed by atoms with Crippen molar-refractivity contribution in [3.63, 3.8) is 0 Å². The van der Waals surface area contributed by atoms with E-state index >= 15 is 0 Å². The van der Waals surface area contributed by atoms with Crippen LogP contribution in [-0.2, 0) is 6.42 Å². The van der Waals surface area contributed by atoms with Gasteiger partial charge >= 0.3 is 0 Å². The predicted molar refractivity (Wildman–Crippen MR) is 88.5 cm³/mol. The summed E-state index contributed by atoms with van der Waals surface area (Å²) in [6.45, 7) is 6.98. The van der Waals surface area contributed by atoms with Gasteiger partial charge in [-0.1, -0.05) is 33.6 Å². The van der Waals surface area contributed by atoms with Gasteiger partial charge in [0, 0.05) is 17.4 Å². The fraction of sp³-hybridized carbons (Fsp3) is 0.700. The molecule has 0 bridgehead atoms. The fourth-order valence-corrected chi connectivity index (χ4v) is 5.58. The molecule has 2 saturated carbocycles. The van der Waals surface area contributed by atoms with Gasteiger partial charge in [-0.2, -0.15) is 0 Å². The largest absolute Gasteiger partial charge is 0.508 e. The van der Waals surface area contributed by atoms with Gasteiger partial charge in [0.2, 0.25) is 0 Å². The Bertz CT molecular complexity index is 590. The number of hydrogen-bond acceptors (Lipinski definition) is 2. The van der Waals surface area contributed by atoms with Crippen LogP contribution in [0.3, 0.4) is 0 Å². The maximum atomic E-state index is 10.7. The van der Waals surface area contributed by atoms with Crippen molar-refractivity contribution >= 4 is 0 Å². The molecule has 3 aliphatic rings. The number of phenolic OH excluding ortho intramolecular Hbond substituents is 1. The molecule has 2 heteroatoms. The molecule has 0 saturated heterocycles. The van der Waals surface area contributed by atoms with Crippen LogP contribution in [0.15, 0.2) is 12.1 Å². The highest BCUT2D eigenvalue weighted by Gasteiger charge is 2.65. The van der Waals surface area contributed by atoms with Crippen LogP contribution in [0.1, 0.15) is 69.9 Å². The molecule has 1 N–H and O–H groups in total. The van der Waals surface area contributed by atoms with Gasteiger partial charge in [-0.3, -0.25) is 0 Å². The zero-order valence-corrected chi connectivity index (χ0v) is 14.1. The third-order valence-corrected chi connectivity index (χ3v) is 6.64. The molecule has 2 unspecified atom stereocenters. The Kier molecular flexibility index (Phi) is 3.22. The van der Waals surface area contributed by atoms with Crippen molar-refractivity contribution in [1.82, 2.24) is 0 Å². The van der Waals surface area contributed by atoms with Gasteiger partial charge in [0.15, 0.2) is 0 Å². The second-order valence-corrected chi connectivity index (χ2v) is 8.20. The van der Waals surface area contributed by atoms with Gasteiger partial charge < -0.3 is 9.84 Å². The van der Waals surface area contributed by atoms with Gasteiger partial charge in [-0.15, -0.1) is 0 Å². The Morgan fingerprint density at radius 2 is 2.05 bits per heavy atom. The molecule has 4 rings (SSSR count). The topological polar surface area (TPSA) is 29.5 Å². The molecule has 0 aromatic heterocycles. The second kappa shape index (κ2) is 4.91. The quantitative estimate of drug-likeness (QED) is 0.790. The molecule has 2 aliphatic carbocycles. The molecule has 0 spiro atoms. The Morgan fingerprint density at radius 1 is 1.23 bits per heavy atom. The van der Waals surface area contributed by atoms with Crippen LogP contribution in [-0.4, -0.2) is 11.2 Å². The second-order valence-electron chi connectivity index (χ2n) is 8.20. The maximum absolute atomic E-state index is 10.7. The standard InChI is InChI=1S/C20H28O2/c1-4-5-6-7-12-10-14(21)18-16(11-12)22-15-9-8-13-17(15)19(18)20(13,2)3/h10-11,13,15,17,19,21H,4-9H2,1-3H3/t13-,15-,17?,19?/m1/s1. The first kappa shape index (κ1) is 14.4. The van der Waals surface area contributed by atoms with Gasteiger partial charge in [-0.05, 0) is 54.7 Å². The summed E-state index contributed by atoms with van der Waals surface area (Å²) in [5.74, 6) is 3.36. The Balaban J connectivity index is 1.68. The van der Waals surface area contributed by atoms with Crippen LogP contribution >= 0.6 is 0 Å². The Labute approximate surface area is 133 Å². The third-order valence-electron chi connectivity index (χ3n) is 6.64. The van der Waals surface area contributed by atoms with E-state index < -0.39 is 0 Å². The average molecular weight is 300 g/mol. The van der Waals surface area contributed by atoms with Crippen LogP contribution in [0.2, 0.25) is 0 Å². The van der Waals surface area contributed by atoms with Crippen LogP contribution in [0.5, 0.6) is 11.5 Å². The summed E-state index contributed by atoms with van der Waals surface area (Å²) >= 11 is 0. The summed E-state index contributed by atoms with van der Waals surface area (Å²) in [7, 11) is 0. The first-order valence-electron chi connectivity index (χ1n) is 9.06. The van der Waals surface area contributed by atoms with E-state index in [0.29, 0.717) is 29.1 Å². The molecule has 1 aromatic carbocycles. The average Bonchev–Trinajstić information content (AvgIpc) is 2.88. The van der Waals surface area contributed by atoms with Crippen LogP contribution in [0.4, 0.5) is 0 Å². The lowest BCUT2D eigenvalue weighted by atomic mass is 9.46. The van der Waals surface area contributed by atoms with Gasteiger partial charge in [-0.25, -0.2) is 0 Å². The molecular weight excluding hydrogens is 272 g/mol.